The number of fused-ring (bicyclic) bond motifs is 1. The molecule has 0 saturated carbocycles. The summed E-state index contributed by atoms with van der Waals surface area (Å²) in [5.74, 6) is 0.673. The number of phenolic OH excluding ortho intramolecular Hbond substituents is 1. The van der Waals surface area contributed by atoms with Crippen molar-refractivity contribution in [2.45, 2.75) is 26.4 Å². The number of likely N-dealkylation sites (N-methyl/N-ethyl adjacent to an activating group) is 1. The van der Waals surface area contributed by atoms with Crippen LogP contribution in [0.5, 0.6) is 11.5 Å². The molecule has 0 bridgehead atoms. The maximum absolute atomic E-state index is 12.4. The highest BCUT2D eigenvalue weighted by Gasteiger charge is 2.23. The number of phenols is 1. The molecule has 27 heavy (non-hydrogen) atoms. The molecule has 6 heteroatoms. The summed E-state index contributed by atoms with van der Waals surface area (Å²) in [6.45, 7) is 5.89. The summed E-state index contributed by atoms with van der Waals surface area (Å²) >= 11 is 6.10. The Hall–Kier alpha value is -2.24. The number of aromatic hydroxyl groups is 1. The number of halogens is 1. The first-order chi connectivity index (χ1) is 12.8. The second kappa shape index (κ2) is 8.19. The minimum atomic E-state index is 0.0728. The van der Waals surface area contributed by atoms with Gasteiger partial charge in [0.1, 0.15) is 6.61 Å². The van der Waals surface area contributed by atoms with Crippen LogP contribution in [0.4, 0.5) is 0 Å². The van der Waals surface area contributed by atoms with Gasteiger partial charge in [0, 0.05) is 36.8 Å². The molecule has 144 valence electrons. The molecule has 0 saturated heterocycles. The molecule has 1 aliphatic rings. The number of hydrogen-bond donors (Lipinski definition) is 1. The van der Waals surface area contributed by atoms with E-state index < -0.39 is 0 Å². The predicted molar refractivity (Wildman–Crippen MR) is 107 cm³/mol. The van der Waals surface area contributed by atoms with Gasteiger partial charge in [-0.05, 0) is 49.2 Å². The molecular formula is C21H25ClN2O3. The first kappa shape index (κ1) is 19.5. The minimum Gasteiger partial charge on any atom is -0.504 e. The van der Waals surface area contributed by atoms with Crippen molar-refractivity contribution in [1.29, 1.82) is 0 Å². The Kier molecular flexibility index (Phi) is 5.92. The van der Waals surface area contributed by atoms with Crippen LogP contribution in [0, 0.1) is 0 Å². The van der Waals surface area contributed by atoms with Crippen LogP contribution in [-0.4, -0.2) is 53.6 Å². The monoisotopic (exact) mass is 388 g/mol. The van der Waals surface area contributed by atoms with Gasteiger partial charge in [-0.15, -0.1) is 0 Å². The molecule has 0 unspecified atom stereocenters. The smallest absolute Gasteiger partial charge is 0.236 e. The third kappa shape index (κ3) is 4.54. The lowest BCUT2D eigenvalue weighted by Gasteiger charge is -2.26. The van der Waals surface area contributed by atoms with Gasteiger partial charge in [-0.2, -0.15) is 0 Å². The van der Waals surface area contributed by atoms with Crippen LogP contribution in [0.25, 0.3) is 11.1 Å². The lowest BCUT2D eigenvalue weighted by Crippen LogP contribution is -2.41. The Morgan fingerprint density at radius 3 is 2.78 bits per heavy atom. The van der Waals surface area contributed by atoms with E-state index in [0.717, 1.165) is 16.7 Å². The highest BCUT2D eigenvalue weighted by molar-refractivity contribution is 6.30. The van der Waals surface area contributed by atoms with Gasteiger partial charge < -0.3 is 14.7 Å². The molecule has 2 aromatic carbocycles. The van der Waals surface area contributed by atoms with Crippen molar-refractivity contribution in [3.05, 3.63) is 47.0 Å². The van der Waals surface area contributed by atoms with Gasteiger partial charge in [0.15, 0.2) is 11.5 Å². The number of hydrogen-bond acceptors (Lipinski definition) is 4. The summed E-state index contributed by atoms with van der Waals surface area (Å²) in [6, 6.07) is 11.3. The molecule has 1 heterocycles. The van der Waals surface area contributed by atoms with E-state index in [1.54, 1.807) is 11.0 Å². The van der Waals surface area contributed by atoms with Crippen LogP contribution in [-0.2, 0) is 11.3 Å². The average Bonchev–Trinajstić information content (AvgIpc) is 2.83. The van der Waals surface area contributed by atoms with Gasteiger partial charge in [-0.25, -0.2) is 0 Å². The lowest BCUT2D eigenvalue weighted by atomic mass is 10.0. The maximum Gasteiger partial charge on any atom is 0.236 e. The zero-order valence-electron chi connectivity index (χ0n) is 15.9. The second-order valence-corrected chi connectivity index (χ2v) is 7.59. The molecule has 5 nitrogen and oxygen atoms in total. The molecular weight excluding hydrogens is 364 g/mol. The Balaban J connectivity index is 1.87. The molecule has 0 aliphatic carbocycles. The topological polar surface area (TPSA) is 53.0 Å². The van der Waals surface area contributed by atoms with E-state index in [4.69, 9.17) is 16.3 Å². The largest absolute Gasteiger partial charge is 0.504 e. The molecule has 0 radical (unpaired) electrons. The van der Waals surface area contributed by atoms with Crippen molar-refractivity contribution in [2.24, 2.45) is 0 Å². The van der Waals surface area contributed by atoms with E-state index in [1.165, 1.54) is 0 Å². The highest BCUT2D eigenvalue weighted by Crippen LogP contribution is 2.38. The fourth-order valence-electron chi connectivity index (χ4n) is 3.11. The van der Waals surface area contributed by atoms with Gasteiger partial charge >= 0.3 is 0 Å². The Bertz CT molecular complexity index is 838. The first-order valence-electron chi connectivity index (χ1n) is 9.08. The number of benzene rings is 2. The number of amides is 1. The summed E-state index contributed by atoms with van der Waals surface area (Å²) in [5.41, 5.74) is 2.65. The molecule has 0 atom stereocenters. The quantitative estimate of drug-likeness (QED) is 0.866. The van der Waals surface area contributed by atoms with Crippen molar-refractivity contribution in [2.75, 3.05) is 26.7 Å². The van der Waals surface area contributed by atoms with Crippen LogP contribution < -0.4 is 4.74 Å². The standard InChI is InChI=1S/C21H25ClN2O3/c1-14(2)23(3)20(26)13-24-7-8-27-21-17(12-24)9-16(11-19(21)25)15-5-4-6-18(22)10-15/h4-6,9-11,14,25H,7-8,12-13H2,1-3H3. The van der Waals surface area contributed by atoms with E-state index in [1.807, 2.05) is 56.1 Å². The van der Waals surface area contributed by atoms with E-state index >= 15 is 0 Å². The van der Waals surface area contributed by atoms with Crippen molar-refractivity contribution in [1.82, 2.24) is 9.80 Å². The van der Waals surface area contributed by atoms with Gasteiger partial charge in [0.25, 0.3) is 0 Å². The number of ether oxygens (including phenoxy) is 1. The SMILES string of the molecule is CC(C)N(C)C(=O)CN1CCOc2c(O)cc(-c3cccc(Cl)c3)cc2C1. The summed E-state index contributed by atoms with van der Waals surface area (Å²) in [7, 11) is 1.82. The van der Waals surface area contributed by atoms with Gasteiger partial charge in [0.05, 0.1) is 6.54 Å². The Labute approximate surface area is 165 Å². The molecule has 3 rings (SSSR count). The lowest BCUT2D eigenvalue weighted by molar-refractivity contribution is -0.132. The third-order valence-corrected chi connectivity index (χ3v) is 5.11. The normalized spacial score (nSPS) is 14.4. The molecule has 1 amide bonds. The highest BCUT2D eigenvalue weighted by atomic mass is 35.5. The second-order valence-electron chi connectivity index (χ2n) is 7.15. The van der Waals surface area contributed by atoms with Crippen LogP contribution >= 0.6 is 11.6 Å². The fraction of sp³-hybridized carbons (Fsp3) is 0.381. The molecule has 0 aromatic heterocycles. The number of carbonyl (C=O) groups excluding carboxylic acids is 1. The molecule has 1 N–H and O–H groups in total. The van der Waals surface area contributed by atoms with Crippen LogP contribution in [0.15, 0.2) is 36.4 Å². The maximum atomic E-state index is 12.4. The average molecular weight is 389 g/mol. The van der Waals surface area contributed by atoms with Crippen molar-refractivity contribution in [3.8, 4) is 22.6 Å². The third-order valence-electron chi connectivity index (χ3n) is 4.88. The Morgan fingerprint density at radius 2 is 2.07 bits per heavy atom. The van der Waals surface area contributed by atoms with Gasteiger partial charge in [-0.3, -0.25) is 9.69 Å². The number of nitrogens with zero attached hydrogens (tertiary/aromatic N) is 2. The number of rotatable bonds is 4. The van der Waals surface area contributed by atoms with Crippen LogP contribution in [0.3, 0.4) is 0 Å². The molecule has 2 aromatic rings. The molecule has 0 fully saturated rings. The van der Waals surface area contributed by atoms with E-state index in [0.29, 0.717) is 37.0 Å². The van der Waals surface area contributed by atoms with E-state index in [2.05, 4.69) is 0 Å². The van der Waals surface area contributed by atoms with Crippen molar-refractivity contribution in [3.63, 3.8) is 0 Å². The zero-order chi connectivity index (χ0) is 19.6. The predicted octanol–water partition coefficient (Wildman–Crippen LogP) is 3.77. The minimum absolute atomic E-state index is 0.0728. The summed E-state index contributed by atoms with van der Waals surface area (Å²) in [5, 5.41) is 11.1. The van der Waals surface area contributed by atoms with Crippen LogP contribution in [0.2, 0.25) is 5.02 Å². The van der Waals surface area contributed by atoms with Crippen molar-refractivity contribution >= 4 is 17.5 Å². The summed E-state index contributed by atoms with van der Waals surface area (Å²) in [6.07, 6.45) is 0. The molecule has 1 aliphatic heterocycles. The van der Waals surface area contributed by atoms with Crippen molar-refractivity contribution < 1.29 is 14.6 Å². The van der Waals surface area contributed by atoms with Gasteiger partial charge in [-0.1, -0.05) is 23.7 Å². The number of carbonyl (C=O) groups is 1. The zero-order valence-corrected chi connectivity index (χ0v) is 16.7. The van der Waals surface area contributed by atoms with Gasteiger partial charge in [0.2, 0.25) is 5.91 Å². The van der Waals surface area contributed by atoms with E-state index in [-0.39, 0.29) is 17.7 Å². The fourth-order valence-corrected chi connectivity index (χ4v) is 3.30. The first-order valence-corrected chi connectivity index (χ1v) is 9.45. The summed E-state index contributed by atoms with van der Waals surface area (Å²) in [4.78, 5) is 16.2. The Morgan fingerprint density at radius 1 is 1.30 bits per heavy atom. The molecule has 0 spiro atoms. The summed E-state index contributed by atoms with van der Waals surface area (Å²) < 4.78 is 5.77. The van der Waals surface area contributed by atoms with E-state index in [9.17, 15) is 9.90 Å². The van der Waals surface area contributed by atoms with Crippen LogP contribution in [0.1, 0.15) is 19.4 Å².